The number of amides is 1. The van der Waals surface area contributed by atoms with Crippen LogP contribution in [0.15, 0.2) is 24.5 Å². The van der Waals surface area contributed by atoms with Gasteiger partial charge in [-0.2, -0.15) is 5.26 Å². The molecule has 0 aliphatic heterocycles. The summed E-state index contributed by atoms with van der Waals surface area (Å²) in [6.07, 6.45) is 1.59. The molecule has 0 atom stereocenters. The first-order valence-corrected chi connectivity index (χ1v) is 5.64. The van der Waals surface area contributed by atoms with E-state index in [0.717, 1.165) is 11.0 Å². The Bertz CT molecular complexity index is 621. The molecule has 1 heterocycles. The Morgan fingerprint density at radius 1 is 1.56 bits per heavy atom. The van der Waals surface area contributed by atoms with Gasteiger partial charge in [-0.05, 0) is 32.0 Å². The molecule has 0 saturated carbocycles. The third-order valence-electron chi connectivity index (χ3n) is 2.68. The fourth-order valence-corrected chi connectivity index (χ4v) is 1.52. The summed E-state index contributed by atoms with van der Waals surface area (Å²) in [6, 6.07) is 7.40. The zero-order valence-corrected chi connectivity index (χ0v) is 10.3. The summed E-state index contributed by atoms with van der Waals surface area (Å²) < 4.78 is 0. The van der Waals surface area contributed by atoms with Gasteiger partial charge in [0.05, 0.1) is 28.8 Å². The van der Waals surface area contributed by atoms with Crippen LogP contribution in [0, 0.1) is 16.7 Å². The highest BCUT2D eigenvalue weighted by molar-refractivity contribution is 5.97. The molecule has 18 heavy (non-hydrogen) atoms. The monoisotopic (exact) mass is 242 g/mol. The van der Waals surface area contributed by atoms with E-state index in [1.807, 2.05) is 0 Å². The number of aromatic nitrogens is 2. The lowest BCUT2D eigenvalue weighted by atomic mass is 9.96. The number of nitriles is 1. The second kappa shape index (κ2) is 4.49. The van der Waals surface area contributed by atoms with E-state index in [0.29, 0.717) is 12.1 Å². The molecule has 0 unspecified atom stereocenters. The van der Waals surface area contributed by atoms with Gasteiger partial charge in [-0.15, -0.1) is 0 Å². The van der Waals surface area contributed by atoms with E-state index < -0.39 is 5.41 Å². The molecule has 1 amide bonds. The van der Waals surface area contributed by atoms with Crippen LogP contribution in [0.5, 0.6) is 0 Å². The number of aromatic amines is 1. The van der Waals surface area contributed by atoms with Gasteiger partial charge in [-0.1, -0.05) is 0 Å². The molecule has 5 heteroatoms. The van der Waals surface area contributed by atoms with Crippen molar-refractivity contribution in [2.24, 2.45) is 5.41 Å². The van der Waals surface area contributed by atoms with Crippen LogP contribution in [0.25, 0.3) is 11.0 Å². The van der Waals surface area contributed by atoms with E-state index in [4.69, 9.17) is 5.26 Å². The molecule has 92 valence electrons. The van der Waals surface area contributed by atoms with Crippen molar-refractivity contribution in [3.63, 3.8) is 0 Å². The van der Waals surface area contributed by atoms with Crippen LogP contribution in [0.2, 0.25) is 0 Å². The van der Waals surface area contributed by atoms with Gasteiger partial charge in [0.1, 0.15) is 0 Å². The lowest BCUT2D eigenvalue weighted by Gasteiger charge is -2.15. The topological polar surface area (TPSA) is 81.6 Å². The highest BCUT2D eigenvalue weighted by Gasteiger charge is 2.18. The van der Waals surface area contributed by atoms with Gasteiger partial charge >= 0.3 is 0 Å². The van der Waals surface area contributed by atoms with E-state index in [1.165, 1.54) is 0 Å². The van der Waals surface area contributed by atoms with Crippen molar-refractivity contribution in [2.75, 3.05) is 6.54 Å². The smallest absolute Gasteiger partial charge is 0.251 e. The van der Waals surface area contributed by atoms with Crippen molar-refractivity contribution in [3.8, 4) is 6.07 Å². The summed E-state index contributed by atoms with van der Waals surface area (Å²) in [4.78, 5) is 19.0. The van der Waals surface area contributed by atoms with Gasteiger partial charge < -0.3 is 10.3 Å². The number of H-pyrrole nitrogens is 1. The molecule has 0 saturated heterocycles. The SMILES string of the molecule is CC(C)(C#N)CNC(=O)c1ccc2nc[nH]c2c1. The molecule has 0 aliphatic carbocycles. The molecule has 0 bridgehead atoms. The number of nitrogens with one attached hydrogen (secondary N) is 2. The molecule has 0 fully saturated rings. The van der Waals surface area contributed by atoms with Crippen molar-refractivity contribution in [1.82, 2.24) is 15.3 Å². The first kappa shape index (κ1) is 12.1. The molecular weight excluding hydrogens is 228 g/mol. The lowest BCUT2D eigenvalue weighted by Crippen LogP contribution is -2.33. The fraction of sp³-hybridized carbons (Fsp3) is 0.308. The number of fused-ring (bicyclic) bond motifs is 1. The third-order valence-corrected chi connectivity index (χ3v) is 2.68. The first-order valence-electron chi connectivity index (χ1n) is 5.64. The maximum Gasteiger partial charge on any atom is 0.251 e. The molecule has 2 rings (SSSR count). The number of carbonyl (C=O) groups excluding carboxylic acids is 1. The summed E-state index contributed by atoms with van der Waals surface area (Å²) in [5, 5.41) is 11.6. The summed E-state index contributed by atoms with van der Waals surface area (Å²) >= 11 is 0. The fourth-order valence-electron chi connectivity index (χ4n) is 1.52. The van der Waals surface area contributed by atoms with Crippen LogP contribution in [-0.2, 0) is 0 Å². The number of imidazole rings is 1. The molecular formula is C13H14N4O. The van der Waals surface area contributed by atoms with Crippen molar-refractivity contribution >= 4 is 16.9 Å². The zero-order chi connectivity index (χ0) is 13.2. The maximum atomic E-state index is 11.9. The van der Waals surface area contributed by atoms with Gasteiger partial charge in [0.2, 0.25) is 0 Å². The maximum absolute atomic E-state index is 11.9. The number of rotatable bonds is 3. The second-order valence-corrected chi connectivity index (χ2v) is 4.81. The van der Waals surface area contributed by atoms with Crippen LogP contribution < -0.4 is 5.32 Å². The van der Waals surface area contributed by atoms with Crippen molar-refractivity contribution in [1.29, 1.82) is 5.26 Å². The summed E-state index contributed by atoms with van der Waals surface area (Å²) in [6.45, 7) is 3.89. The van der Waals surface area contributed by atoms with Crippen LogP contribution in [0.1, 0.15) is 24.2 Å². The van der Waals surface area contributed by atoms with Crippen LogP contribution >= 0.6 is 0 Å². The Hall–Kier alpha value is -2.35. The van der Waals surface area contributed by atoms with Crippen LogP contribution in [-0.4, -0.2) is 22.4 Å². The van der Waals surface area contributed by atoms with Crippen molar-refractivity contribution in [2.45, 2.75) is 13.8 Å². The highest BCUT2D eigenvalue weighted by atomic mass is 16.1. The Morgan fingerprint density at radius 3 is 3.06 bits per heavy atom. The van der Waals surface area contributed by atoms with Gasteiger partial charge in [0, 0.05) is 12.1 Å². The Labute approximate surface area is 105 Å². The van der Waals surface area contributed by atoms with E-state index >= 15 is 0 Å². The van der Waals surface area contributed by atoms with E-state index in [9.17, 15) is 4.79 Å². The predicted molar refractivity (Wildman–Crippen MR) is 67.8 cm³/mol. The largest absolute Gasteiger partial charge is 0.350 e. The number of benzene rings is 1. The minimum atomic E-state index is -0.562. The average molecular weight is 242 g/mol. The highest BCUT2D eigenvalue weighted by Crippen LogP contribution is 2.13. The number of hydrogen-bond donors (Lipinski definition) is 2. The molecule has 0 radical (unpaired) electrons. The normalized spacial score (nSPS) is 11.2. The van der Waals surface area contributed by atoms with E-state index in [1.54, 1.807) is 38.4 Å². The molecule has 1 aromatic heterocycles. The van der Waals surface area contributed by atoms with E-state index in [2.05, 4.69) is 21.4 Å². The molecule has 5 nitrogen and oxygen atoms in total. The Balaban J connectivity index is 2.11. The predicted octanol–water partition coefficient (Wildman–Crippen LogP) is 1.84. The number of nitrogens with zero attached hydrogens (tertiary/aromatic N) is 2. The standard InChI is InChI=1S/C13H14N4O/c1-13(2,6-14)7-15-12(18)9-3-4-10-11(5-9)17-8-16-10/h3-5,8H,7H2,1-2H3,(H,15,18)(H,16,17). The molecule has 2 aromatic rings. The summed E-state index contributed by atoms with van der Waals surface area (Å²) in [7, 11) is 0. The number of hydrogen-bond acceptors (Lipinski definition) is 3. The minimum absolute atomic E-state index is 0.185. The molecule has 2 N–H and O–H groups in total. The third kappa shape index (κ3) is 2.48. The summed E-state index contributed by atoms with van der Waals surface area (Å²) in [5.41, 5.74) is 1.64. The Kier molecular flexibility index (Phi) is 3.02. The van der Waals surface area contributed by atoms with Gasteiger partial charge in [0.25, 0.3) is 5.91 Å². The summed E-state index contributed by atoms with van der Waals surface area (Å²) in [5.74, 6) is -0.185. The van der Waals surface area contributed by atoms with Crippen molar-refractivity contribution < 1.29 is 4.79 Å². The van der Waals surface area contributed by atoms with Gasteiger partial charge in [0.15, 0.2) is 0 Å². The molecule has 0 spiro atoms. The lowest BCUT2D eigenvalue weighted by molar-refractivity contribution is 0.0944. The van der Waals surface area contributed by atoms with Gasteiger partial charge in [-0.3, -0.25) is 4.79 Å². The van der Waals surface area contributed by atoms with E-state index in [-0.39, 0.29) is 5.91 Å². The van der Waals surface area contributed by atoms with Crippen molar-refractivity contribution in [3.05, 3.63) is 30.1 Å². The first-order chi connectivity index (χ1) is 8.52. The Morgan fingerprint density at radius 2 is 2.33 bits per heavy atom. The quantitative estimate of drug-likeness (QED) is 0.861. The number of carbonyl (C=O) groups is 1. The minimum Gasteiger partial charge on any atom is -0.350 e. The zero-order valence-electron chi connectivity index (χ0n) is 10.3. The average Bonchev–Trinajstić information content (AvgIpc) is 2.83. The van der Waals surface area contributed by atoms with Gasteiger partial charge in [-0.25, -0.2) is 4.98 Å². The molecule has 1 aromatic carbocycles. The second-order valence-electron chi connectivity index (χ2n) is 4.81. The van der Waals surface area contributed by atoms with Crippen LogP contribution in [0.3, 0.4) is 0 Å². The molecule has 0 aliphatic rings. The van der Waals surface area contributed by atoms with Crippen LogP contribution in [0.4, 0.5) is 0 Å².